The van der Waals surface area contributed by atoms with Gasteiger partial charge in [0, 0.05) is 19.6 Å². The Kier molecular flexibility index (Phi) is 4.98. The number of ether oxygens (including phenoxy) is 1. The summed E-state index contributed by atoms with van der Waals surface area (Å²) in [7, 11) is 0. The predicted molar refractivity (Wildman–Crippen MR) is 75.4 cm³/mol. The van der Waals surface area contributed by atoms with Crippen molar-refractivity contribution in [2.75, 3.05) is 38.6 Å². The van der Waals surface area contributed by atoms with Crippen molar-refractivity contribution in [3.63, 3.8) is 0 Å². The molecule has 0 saturated carbocycles. The molecular weight excluding hydrogens is 260 g/mol. The second-order valence-corrected chi connectivity index (χ2v) is 5.36. The van der Waals surface area contributed by atoms with Crippen molar-refractivity contribution < 1.29 is 14.9 Å². The molecule has 2 heterocycles. The van der Waals surface area contributed by atoms with Crippen molar-refractivity contribution in [3.8, 4) is 0 Å². The lowest BCUT2D eigenvalue weighted by atomic mass is 10.2. The Balaban J connectivity index is 1.88. The molecule has 0 aliphatic carbocycles. The van der Waals surface area contributed by atoms with Gasteiger partial charge in [-0.25, -0.2) is 0 Å². The summed E-state index contributed by atoms with van der Waals surface area (Å²) in [4.78, 5) is 2.10. The van der Waals surface area contributed by atoms with Crippen LogP contribution in [0.15, 0.2) is 0 Å². The zero-order valence-electron chi connectivity index (χ0n) is 12.1. The van der Waals surface area contributed by atoms with Gasteiger partial charge in [-0.05, 0) is 13.8 Å². The zero-order valence-corrected chi connectivity index (χ0v) is 12.1. The Hall–Kier alpha value is -1.15. The molecule has 1 saturated heterocycles. The summed E-state index contributed by atoms with van der Waals surface area (Å²) in [6.45, 7) is 6.74. The standard InChI is InChI=1S/C13H24N4O3/c1-9-13(14)10(2)17(15-9)6-11(19)5-16-3-4-20-12(7-16)8-18/h11-12,18-19H,3-8,14H2,1-2H3. The van der Waals surface area contributed by atoms with Crippen LogP contribution in [-0.2, 0) is 11.3 Å². The van der Waals surface area contributed by atoms with E-state index < -0.39 is 6.10 Å². The smallest absolute Gasteiger partial charge is 0.0932 e. The van der Waals surface area contributed by atoms with E-state index in [1.807, 2.05) is 13.8 Å². The highest BCUT2D eigenvalue weighted by Crippen LogP contribution is 2.15. The Morgan fingerprint density at radius 3 is 2.80 bits per heavy atom. The lowest BCUT2D eigenvalue weighted by Crippen LogP contribution is -2.47. The van der Waals surface area contributed by atoms with Crippen LogP contribution >= 0.6 is 0 Å². The van der Waals surface area contributed by atoms with E-state index in [9.17, 15) is 5.11 Å². The maximum absolute atomic E-state index is 10.2. The van der Waals surface area contributed by atoms with Crippen molar-refractivity contribution in [2.45, 2.75) is 32.6 Å². The summed E-state index contributed by atoms with van der Waals surface area (Å²) in [6.07, 6.45) is -0.676. The van der Waals surface area contributed by atoms with Crippen LogP contribution in [0.3, 0.4) is 0 Å². The van der Waals surface area contributed by atoms with Crippen molar-refractivity contribution in [1.82, 2.24) is 14.7 Å². The molecule has 1 fully saturated rings. The van der Waals surface area contributed by atoms with Crippen LogP contribution in [0.2, 0.25) is 0 Å². The molecule has 7 nitrogen and oxygen atoms in total. The van der Waals surface area contributed by atoms with Crippen LogP contribution in [-0.4, -0.2) is 69.9 Å². The topological polar surface area (TPSA) is 96.8 Å². The first kappa shape index (κ1) is 15.2. The van der Waals surface area contributed by atoms with E-state index >= 15 is 0 Å². The highest BCUT2D eigenvalue weighted by molar-refractivity contribution is 5.46. The van der Waals surface area contributed by atoms with E-state index in [0.717, 1.165) is 17.9 Å². The molecule has 1 aromatic heterocycles. The highest BCUT2D eigenvalue weighted by Gasteiger charge is 2.22. The molecule has 0 amide bonds. The maximum Gasteiger partial charge on any atom is 0.0932 e. The van der Waals surface area contributed by atoms with Gasteiger partial charge in [0.2, 0.25) is 0 Å². The maximum atomic E-state index is 10.2. The molecular formula is C13H24N4O3. The van der Waals surface area contributed by atoms with Crippen molar-refractivity contribution in [3.05, 3.63) is 11.4 Å². The SMILES string of the molecule is Cc1nn(CC(O)CN2CCOC(CO)C2)c(C)c1N. The molecule has 2 rings (SSSR count). The van der Waals surface area contributed by atoms with Gasteiger partial charge in [0.25, 0.3) is 0 Å². The van der Waals surface area contributed by atoms with Crippen molar-refractivity contribution in [2.24, 2.45) is 0 Å². The summed E-state index contributed by atoms with van der Waals surface area (Å²) < 4.78 is 7.14. The Morgan fingerprint density at radius 1 is 1.45 bits per heavy atom. The molecule has 0 radical (unpaired) electrons. The van der Waals surface area contributed by atoms with Crippen LogP contribution in [0, 0.1) is 13.8 Å². The molecule has 4 N–H and O–H groups in total. The van der Waals surface area contributed by atoms with Crippen LogP contribution in [0.1, 0.15) is 11.4 Å². The first-order chi connectivity index (χ1) is 9.51. The van der Waals surface area contributed by atoms with E-state index in [0.29, 0.717) is 31.9 Å². The number of hydrogen-bond acceptors (Lipinski definition) is 6. The minimum atomic E-state index is -0.523. The molecule has 7 heteroatoms. The molecule has 0 bridgehead atoms. The fourth-order valence-corrected chi connectivity index (χ4v) is 2.50. The van der Waals surface area contributed by atoms with Crippen LogP contribution in [0.5, 0.6) is 0 Å². The third kappa shape index (κ3) is 3.49. The molecule has 1 aromatic rings. The Bertz CT molecular complexity index is 449. The monoisotopic (exact) mass is 284 g/mol. The number of nitrogen functional groups attached to an aromatic ring is 1. The van der Waals surface area contributed by atoms with Crippen molar-refractivity contribution in [1.29, 1.82) is 0 Å². The average molecular weight is 284 g/mol. The van der Waals surface area contributed by atoms with Crippen LogP contribution in [0.4, 0.5) is 5.69 Å². The van der Waals surface area contributed by atoms with Gasteiger partial charge in [-0.2, -0.15) is 5.10 Å². The summed E-state index contributed by atoms with van der Waals surface area (Å²) in [5.41, 5.74) is 8.24. The van der Waals surface area contributed by atoms with E-state index in [-0.39, 0.29) is 12.7 Å². The summed E-state index contributed by atoms with van der Waals surface area (Å²) in [5.74, 6) is 0. The number of rotatable bonds is 5. The van der Waals surface area contributed by atoms with Crippen molar-refractivity contribution >= 4 is 5.69 Å². The lowest BCUT2D eigenvalue weighted by molar-refractivity contribution is -0.0627. The average Bonchev–Trinajstić information content (AvgIpc) is 2.66. The number of nitrogens with zero attached hydrogens (tertiary/aromatic N) is 3. The number of β-amino-alcohol motifs (C(OH)–C–C–N with tert-alkyl or cyclic N) is 1. The molecule has 20 heavy (non-hydrogen) atoms. The third-order valence-electron chi connectivity index (χ3n) is 3.72. The second-order valence-electron chi connectivity index (χ2n) is 5.36. The van der Waals surface area contributed by atoms with Gasteiger partial charge in [0.15, 0.2) is 0 Å². The number of nitrogens with two attached hydrogens (primary N) is 1. The first-order valence-corrected chi connectivity index (χ1v) is 6.93. The summed E-state index contributed by atoms with van der Waals surface area (Å²) in [6, 6.07) is 0. The first-order valence-electron chi connectivity index (χ1n) is 6.93. The summed E-state index contributed by atoms with van der Waals surface area (Å²) >= 11 is 0. The Labute approximate surface area is 118 Å². The highest BCUT2D eigenvalue weighted by atomic mass is 16.5. The number of anilines is 1. The normalized spacial score (nSPS) is 22.1. The fourth-order valence-electron chi connectivity index (χ4n) is 2.50. The van der Waals surface area contributed by atoms with E-state index in [4.69, 9.17) is 15.6 Å². The van der Waals surface area contributed by atoms with Gasteiger partial charge in [-0.3, -0.25) is 9.58 Å². The molecule has 0 aromatic carbocycles. The van der Waals surface area contributed by atoms with Gasteiger partial charge in [0.1, 0.15) is 0 Å². The Morgan fingerprint density at radius 2 is 2.20 bits per heavy atom. The van der Waals surface area contributed by atoms with Gasteiger partial charge in [-0.15, -0.1) is 0 Å². The van der Waals surface area contributed by atoms with Gasteiger partial charge >= 0.3 is 0 Å². The molecule has 2 unspecified atom stereocenters. The van der Waals surface area contributed by atoms with Gasteiger partial charge in [-0.1, -0.05) is 0 Å². The third-order valence-corrected chi connectivity index (χ3v) is 3.72. The molecule has 114 valence electrons. The number of aliphatic hydroxyl groups excluding tert-OH is 2. The largest absolute Gasteiger partial charge is 0.396 e. The summed E-state index contributed by atoms with van der Waals surface area (Å²) in [5, 5.41) is 23.6. The van der Waals surface area contributed by atoms with Crippen LogP contribution < -0.4 is 5.73 Å². The van der Waals surface area contributed by atoms with Gasteiger partial charge in [0.05, 0.1) is 49.0 Å². The fraction of sp³-hybridized carbons (Fsp3) is 0.769. The molecule has 0 spiro atoms. The minimum Gasteiger partial charge on any atom is -0.396 e. The van der Waals surface area contributed by atoms with E-state index in [1.165, 1.54) is 0 Å². The zero-order chi connectivity index (χ0) is 14.7. The number of hydrogen-bond donors (Lipinski definition) is 3. The van der Waals surface area contributed by atoms with Gasteiger partial charge < -0.3 is 20.7 Å². The van der Waals surface area contributed by atoms with Crippen LogP contribution in [0.25, 0.3) is 0 Å². The lowest BCUT2D eigenvalue weighted by Gasteiger charge is -2.33. The quantitative estimate of drug-likeness (QED) is 0.651. The molecule has 1 aliphatic heterocycles. The second kappa shape index (κ2) is 6.53. The molecule has 1 aliphatic rings. The number of aryl methyl sites for hydroxylation is 1. The predicted octanol–water partition coefficient (Wildman–Crippen LogP) is -0.864. The number of aromatic nitrogens is 2. The van der Waals surface area contributed by atoms with E-state index in [2.05, 4.69) is 10.00 Å². The molecule has 2 atom stereocenters. The number of aliphatic hydroxyl groups is 2. The number of morpholine rings is 1. The van der Waals surface area contributed by atoms with E-state index in [1.54, 1.807) is 4.68 Å². The minimum absolute atomic E-state index is 0.0145.